The molecule has 5 rings (SSSR count). The van der Waals surface area contributed by atoms with E-state index in [1.807, 2.05) is 45.0 Å². The summed E-state index contributed by atoms with van der Waals surface area (Å²) in [6, 6.07) is 16.0. The van der Waals surface area contributed by atoms with Gasteiger partial charge in [-0.2, -0.15) is 0 Å². The van der Waals surface area contributed by atoms with Crippen molar-refractivity contribution in [2.45, 2.75) is 46.6 Å². The minimum Gasteiger partial charge on any atom is -0.351 e. The summed E-state index contributed by atoms with van der Waals surface area (Å²) in [7, 11) is 0. The molecule has 1 amide bonds. The van der Waals surface area contributed by atoms with Crippen LogP contribution in [0.2, 0.25) is 0 Å². The summed E-state index contributed by atoms with van der Waals surface area (Å²) in [6.45, 7) is 8.93. The average Bonchev–Trinajstić information content (AvgIpc) is 2.83. The second kappa shape index (κ2) is 9.51. The number of pyridine rings is 1. The van der Waals surface area contributed by atoms with Crippen molar-refractivity contribution in [3.63, 3.8) is 0 Å². The molecule has 1 N–H and O–H groups in total. The van der Waals surface area contributed by atoms with Gasteiger partial charge in [-0.1, -0.05) is 55.8 Å². The lowest BCUT2D eigenvalue weighted by atomic mass is 9.73. The average molecular weight is 484 g/mol. The van der Waals surface area contributed by atoms with Crippen LogP contribution in [-0.4, -0.2) is 40.8 Å². The highest BCUT2D eigenvalue weighted by Crippen LogP contribution is 2.35. The van der Waals surface area contributed by atoms with Gasteiger partial charge in [-0.25, -0.2) is 0 Å². The molecule has 6 nitrogen and oxygen atoms in total. The van der Waals surface area contributed by atoms with E-state index in [0.717, 1.165) is 25.1 Å². The topological polar surface area (TPSA) is 71.4 Å². The minimum absolute atomic E-state index is 0.0249. The molecule has 0 saturated heterocycles. The molecule has 2 aliphatic rings. The fraction of sp³-hybridized carbons (Fsp3) is 0.367. The Kier molecular flexibility index (Phi) is 6.39. The van der Waals surface area contributed by atoms with E-state index in [2.05, 4.69) is 34.5 Å². The molecule has 0 radical (unpaired) electrons. The van der Waals surface area contributed by atoms with Gasteiger partial charge < -0.3 is 5.32 Å². The van der Waals surface area contributed by atoms with Gasteiger partial charge in [0.25, 0.3) is 11.5 Å². The molecular weight excluding hydrogens is 450 g/mol. The summed E-state index contributed by atoms with van der Waals surface area (Å²) >= 11 is 0. The molecule has 36 heavy (non-hydrogen) atoms. The number of amides is 1. The van der Waals surface area contributed by atoms with Crippen molar-refractivity contribution in [2.75, 3.05) is 19.6 Å². The number of ketones is 1. The predicted octanol–water partition coefficient (Wildman–Crippen LogP) is 4.09. The van der Waals surface area contributed by atoms with Crippen molar-refractivity contribution in [1.29, 1.82) is 0 Å². The lowest BCUT2D eigenvalue weighted by Gasteiger charge is -2.32. The summed E-state index contributed by atoms with van der Waals surface area (Å²) in [4.78, 5) is 42.6. The van der Waals surface area contributed by atoms with Crippen molar-refractivity contribution in [3.8, 4) is 5.69 Å². The predicted molar refractivity (Wildman–Crippen MR) is 141 cm³/mol. The summed E-state index contributed by atoms with van der Waals surface area (Å²) in [5.74, 6) is -0.427. The van der Waals surface area contributed by atoms with Crippen LogP contribution in [0, 0.1) is 12.3 Å². The normalized spacial score (nSPS) is 16.8. The number of nitrogens with zero attached hydrogens (tertiary/aromatic N) is 2. The molecule has 0 saturated carbocycles. The van der Waals surface area contributed by atoms with E-state index >= 15 is 0 Å². The highest BCUT2D eigenvalue weighted by molar-refractivity contribution is 6.04. The van der Waals surface area contributed by atoms with Crippen LogP contribution in [-0.2, 0) is 19.4 Å². The van der Waals surface area contributed by atoms with Crippen molar-refractivity contribution < 1.29 is 9.59 Å². The Balaban J connectivity index is 1.42. The molecule has 6 heteroatoms. The molecule has 186 valence electrons. The number of hydrogen-bond acceptors (Lipinski definition) is 4. The van der Waals surface area contributed by atoms with Gasteiger partial charge in [0.15, 0.2) is 5.78 Å². The number of carbonyl (C=O) groups is 2. The van der Waals surface area contributed by atoms with Gasteiger partial charge in [0.05, 0.1) is 0 Å². The molecule has 3 aromatic rings. The Bertz CT molecular complexity index is 1390. The molecule has 1 aromatic heterocycles. The number of hydrogen-bond donors (Lipinski definition) is 1. The second-order valence-electron chi connectivity index (χ2n) is 10.9. The zero-order chi connectivity index (χ0) is 25.4. The SMILES string of the molecule is Cc1ccc(-n2cc3c(c(C(=O)NCCN4CCc5ccccc5C4)c2=O)CC(C)(C)CC3=O)cc1. The maximum atomic E-state index is 13.7. The zero-order valence-corrected chi connectivity index (χ0v) is 21.3. The van der Waals surface area contributed by atoms with Crippen molar-refractivity contribution in [2.24, 2.45) is 5.41 Å². The summed E-state index contributed by atoms with van der Waals surface area (Å²) < 4.78 is 1.45. The van der Waals surface area contributed by atoms with E-state index in [4.69, 9.17) is 0 Å². The van der Waals surface area contributed by atoms with Gasteiger partial charge in [0, 0.05) is 50.0 Å². The third-order valence-corrected chi connectivity index (χ3v) is 7.38. The second-order valence-corrected chi connectivity index (χ2v) is 10.9. The molecular formula is C30H33N3O3. The lowest BCUT2D eigenvalue weighted by Crippen LogP contribution is -2.41. The van der Waals surface area contributed by atoms with Gasteiger partial charge in [-0.05, 0) is 54.0 Å². The Morgan fingerprint density at radius 2 is 1.72 bits per heavy atom. The van der Waals surface area contributed by atoms with Crippen LogP contribution >= 0.6 is 0 Å². The number of Topliss-reactive ketones (excluding diaryl/α,β-unsaturated/α-hetero) is 1. The summed E-state index contributed by atoms with van der Waals surface area (Å²) in [5, 5.41) is 2.99. The highest BCUT2D eigenvalue weighted by atomic mass is 16.2. The van der Waals surface area contributed by atoms with Crippen LogP contribution in [0.5, 0.6) is 0 Å². The number of nitrogens with one attached hydrogen (secondary N) is 1. The monoisotopic (exact) mass is 483 g/mol. The molecule has 2 aromatic carbocycles. The first-order chi connectivity index (χ1) is 17.2. The largest absolute Gasteiger partial charge is 0.351 e. The molecule has 0 bridgehead atoms. The van der Waals surface area contributed by atoms with Crippen molar-refractivity contribution in [1.82, 2.24) is 14.8 Å². The number of aryl methyl sites for hydroxylation is 1. The van der Waals surface area contributed by atoms with Crippen LogP contribution in [0.3, 0.4) is 0 Å². The van der Waals surface area contributed by atoms with Crippen LogP contribution in [0.15, 0.2) is 59.5 Å². The first-order valence-electron chi connectivity index (χ1n) is 12.7. The van der Waals surface area contributed by atoms with Crippen molar-refractivity contribution >= 4 is 11.7 Å². The summed E-state index contributed by atoms with van der Waals surface area (Å²) in [5.41, 5.74) is 4.90. The van der Waals surface area contributed by atoms with Gasteiger partial charge >= 0.3 is 0 Å². The summed E-state index contributed by atoms with van der Waals surface area (Å²) in [6.07, 6.45) is 3.53. The molecule has 2 heterocycles. The Morgan fingerprint density at radius 3 is 2.47 bits per heavy atom. The van der Waals surface area contributed by atoms with E-state index in [1.165, 1.54) is 15.7 Å². The first-order valence-corrected chi connectivity index (χ1v) is 12.7. The van der Waals surface area contributed by atoms with Gasteiger partial charge in [-0.15, -0.1) is 0 Å². The third kappa shape index (κ3) is 4.78. The van der Waals surface area contributed by atoms with Gasteiger partial charge in [0.1, 0.15) is 5.56 Å². The fourth-order valence-corrected chi connectivity index (χ4v) is 5.44. The molecule has 0 spiro atoms. The maximum absolute atomic E-state index is 13.7. The lowest BCUT2D eigenvalue weighted by molar-refractivity contribution is 0.0908. The van der Waals surface area contributed by atoms with Crippen LogP contribution in [0.1, 0.15) is 63.2 Å². The van der Waals surface area contributed by atoms with Crippen LogP contribution in [0.25, 0.3) is 5.69 Å². The van der Waals surface area contributed by atoms with Gasteiger partial charge in [0.2, 0.25) is 0 Å². The molecule has 0 atom stereocenters. The fourth-order valence-electron chi connectivity index (χ4n) is 5.44. The molecule has 0 unspecified atom stereocenters. The first kappa shape index (κ1) is 24.2. The van der Waals surface area contributed by atoms with E-state index in [0.29, 0.717) is 42.7 Å². The number of benzene rings is 2. The van der Waals surface area contributed by atoms with Crippen LogP contribution in [0.4, 0.5) is 0 Å². The molecule has 1 aliphatic heterocycles. The number of aromatic nitrogens is 1. The van der Waals surface area contributed by atoms with E-state index in [9.17, 15) is 14.4 Å². The van der Waals surface area contributed by atoms with Crippen molar-refractivity contribution in [3.05, 3.63) is 98.5 Å². The number of carbonyl (C=O) groups excluding carboxylic acids is 2. The van der Waals surface area contributed by atoms with E-state index in [1.54, 1.807) is 6.20 Å². The van der Waals surface area contributed by atoms with Crippen LogP contribution < -0.4 is 10.9 Å². The number of fused-ring (bicyclic) bond motifs is 2. The van der Waals surface area contributed by atoms with E-state index in [-0.39, 0.29) is 22.3 Å². The minimum atomic E-state index is -0.402. The molecule has 0 fully saturated rings. The molecule has 1 aliphatic carbocycles. The Morgan fingerprint density at radius 1 is 1.00 bits per heavy atom. The van der Waals surface area contributed by atoms with Gasteiger partial charge in [-0.3, -0.25) is 23.9 Å². The van der Waals surface area contributed by atoms with E-state index < -0.39 is 5.91 Å². The third-order valence-electron chi connectivity index (χ3n) is 7.38. The quantitative estimate of drug-likeness (QED) is 0.594. The Hall–Kier alpha value is -3.51. The Labute approximate surface area is 212 Å². The maximum Gasteiger partial charge on any atom is 0.268 e. The standard InChI is InChI=1S/C30H33N3O3/c1-20-8-10-23(11-9-20)33-19-25-24(16-30(2,3)17-26(25)34)27(29(33)36)28(35)31-13-15-32-14-12-21-6-4-5-7-22(21)18-32/h4-11,19H,12-18H2,1-3H3,(H,31,35). The highest BCUT2D eigenvalue weighted by Gasteiger charge is 2.36. The smallest absolute Gasteiger partial charge is 0.268 e. The zero-order valence-electron chi connectivity index (χ0n) is 21.3. The number of rotatable bonds is 5.